The lowest BCUT2D eigenvalue weighted by Gasteiger charge is -2.20. The molecule has 0 atom stereocenters. The first kappa shape index (κ1) is 12.7. The number of hydrogen-bond donors (Lipinski definition) is 1. The number of amides is 1. The Morgan fingerprint density at radius 2 is 1.83 bits per heavy atom. The molecule has 18 heavy (non-hydrogen) atoms. The van der Waals surface area contributed by atoms with Crippen molar-refractivity contribution in [1.82, 2.24) is 0 Å². The molecule has 1 amide bonds. The van der Waals surface area contributed by atoms with E-state index < -0.39 is 0 Å². The summed E-state index contributed by atoms with van der Waals surface area (Å²) in [6, 6.07) is 9.04. The molecule has 0 saturated carbocycles. The maximum Gasteiger partial charge on any atom is 0.231 e. The maximum atomic E-state index is 11.8. The van der Waals surface area contributed by atoms with E-state index in [1.807, 2.05) is 18.2 Å². The Morgan fingerprint density at radius 3 is 2.50 bits per heavy atom. The number of carbonyl (C=O) groups excluding carboxylic acids is 2. The van der Waals surface area contributed by atoms with Crippen molar-refractivity contribution in [3.8, 4) is 0 Å². The molecule has 5 nitrogen and oxygen atoms in total. The number of ketones is 1. The zero-order valence-corrected chi connectivity index (χ0v) is 9.93. The SMILES string of the molecule is O=C(CC(=O)C1COCOC1)Nc1ccccc1. The van der Waals surface area contributed by atoms with Crippen molar-refractivity contribution in [1.29, 1.82) is 0 Å². The molecule has 96 valence electrons. The Bertz CT molecular complexity index is 412. The van der Waals surface area contributed by atoms with E-state index in [1.165, 1.54) is 0 Å². The lowest BCUT2D eigenvalue weighted by molar-refractivity contribution is -0.150. The smallest absolute Gasteiger partial charge is 0.231 e. The van der Waals surface area contributed by atoms with Gasteiger partial charge in [0.15, 0.2) is 0 Å². The van der Waals surface area contributed by atoms with Gasteiger partial charge in [-0.05, 0) is 12.1 Å². The standard InChI is InChI=1S/C13H15NO4/c15-12(10-7-17-9-18-8-10)6-13(16)14-11-4-2-1-3-5-11/h1-5,10H,6-9H2,(H,14,16). The Balaban J connectivity index is 1.82. The normalized spacial score (nSPS) is 16.2. The predicted octanol–water partition coefficient (Wildman–Crippen LogP) is 1.20. The number of anilines is 1. The van der Waals surface area contributed by atoms with Crippen molar-refractivity contribution < 1.29 is 19.1 Å². The van der Waals surface area contributed by atoms with Gasteiger partial charge in [-0.3, -0.25) is 9.59 Å². The van der Waals surface area contributed by atoms with Crippen LogP contribution in [-0.4, -0.2) is 31.7 Å². The van der Waals surface area contributed by atoms with E-state index in [1.54, 1.807) is 12.1 Å². The number of ether oxygens (including phenoxy) is 2. The molecule has 1 fully saturated rings. The lowest BCUT2D eigenvalue weighted by Crippen LogP contribution is -2.32. The largest absolute Gasteiger partial charge is 0.355 e. The maximum absolute atomic E-state index is 11.8. The minimum absolute atomic E-state index is 0.147. The number of carbonyl (C=O) groups is 2. The van der Waals surface area contributed by atoms with Crippen molar-refractivity contribution in [3.63, 3.8) is 0 Å². The highest BCUT2D eigenvalue weighted by molar-refractivity contribution is 6.05. The molecule has 1 heterocycles. The quantitative estimate of drug-likeness (QED) is 0.814. The summed E-state index contributed by atoms with van der Waals surface area (Å²) in [7, 11) is 0. The fourth-order valence-corrected chi connectivity index (χ4v) is 1.70. The first-order chi connectivity index (χ1) is 8.75. The molecule has 1 aromatic rings. The first-order valence-corrected chi connectivity index (χ1v) is 5.79. The second-order valence-corrected chi connectivity index (χ2v) is 4.11. The van der Waals surface area contributed by atoms with E-state index in [2.05, 4.69) is 5.32 Å². The monoisotopic (exact) mass is 249 g/mol. The number of Topliss-reactive ketones (excluding diaryl/α,β-unsaturated/α-hetero) is 1. The molecule has 1 N–H and O–H groups in total. The molecule has 0 unspecified atom stereocenters. The second kappa shape index (κ2) is 6.28. The van der Waals surface area contributed by atoms with Crippen LogP contribution in [0, 0.1) is 5.92 Å². The Kier molecular flexibility index (Phi) is 4.44. The van der Waals surface area contributed by atoms with Crippen LogP contribution in [0.1, 0.15) is 6.42 Å². The summed E-state index contributed by atoms with van der Waals surface area (Å²) in [6.07, 6.45) is -0.147. The van der Waals surface area contributed by atoms with E-state index in [-0.39, 0.29) is 30.8 Å². The minimum atomic E-state index is -0.333. The summed E-state index contributed by atoms with van der Waals surface area (Å²) in [5, 5.41) is 2.67. The van der Waals surface area contributed by atoms with Gasteiger partial charge in [0.2, 0.25) is 5.91 Å². The van der Waals surface area contributed by atoms with Crippen LogP contribution < -0.4 is 5.32 Å². The molecule has 1 aliphatic rings. The van der Waals surface area contributed by atoms with Gasteiger partial charge < -0.3 is 14.8 Å². The molecule has 0 radical (unpaired) electrons. The van der Waals surface area contributed by atoms with Crippen LogP contribution in [0.4, 0.5) is 5.69 Å². The summed E-state index contributed by atoms with van der Waals surface area (Å²) >= 11 is 0. The third-order valence-corrected chi connectivity index (χ3v) is 2.65. The topological polar surface area (TPSA) is 64.6 Å². The summed E-state index contributed by atoms with van der Waals surface area (Å²) < 4.78 is 10.1. The van der Waals surface area contributed by atoms with Gasteiger partial charge in [0.1, 0.15) is 12.6 Å². The van der Waals surface area contributed by atoms with E-state index in [0.717, 1.165) is 0 Å². The number of hydrogen-bond acceptors (Lipinski definition) is 4. The fraction of sp³-hybridized carbons (Fsp3) is 0.385. The van der Waals surface area contributed by atoms with Gasteiger partial charge in [-0.25, -0.2) is 0 Å². The highest BCUT2D eigenvalue weighted by Crippen LogP contribution is 2.10. The van der Waals surface area contributed by atoms with Gasteiger partial charge >= 0.3 is 0 Å². The molecule has 5 heteroatoms. The summed E-state index contributed by atoms with van der Waals surface area (Å²) in [6.45, 7) is 0.884. The molecular weight excluding hydrogens is 234 g/mol. The highest BCUT2D eigenvalue weighted by Gasteiger charge is 2.24. The summed E-state index contributed by atoms with van der Waals surface area (Å²) in [5.41, 5.74) is 0.687. The van der Waals surface area contributed by atoms with Gasteiger partial charge in [0.25, 0.3) is 0 Å². The van der Waals surface area contributed by atoms with Crippen molar-refractivity contribution in [2.45, 2.75) is 6.42 Å². The van der Waals surface area contributed by atoms with E-state index in [9.17, 15) is 9.59 Å². The van der Waals surface area contributed by atoms with Gasteiger partial charge in [-0.2, -0.15) is 0 Å². The van der Waals surface area contributed by atoms with Crippen LogP contribution >= 0.6 is 0 Å². The molecule has 1 aliphatic heterocycles. The third kappa shape index (κ3) is 3.65. The van der Waals surface area contributed by atoms with E-state index in [4.69, 9.17) is 9.47 Å². The van der Waals surface area contributed by atoms with Crippen LogP contribution in [0.2, 0.25) is 0 Å². The molecule has 0 aliphatic carbocycles. The van der Waals surface area contributed by atoms with Gasteiger partial charge in [0.05, 0.1) is 25.6 Å². The van der Waals surface area contributed by atoms with Gasteiger partial charge in [0, 0.05) is 5.69 Å². The molecule has 0 bridgehead atoms. The summed E-state index contributed by atoms with van der Waals surface area (Å²) in [5.74, 6) is -0.792. The molecule has 1 saturated heterocycles. The number of para-hydroxylation sites is 1. The van der Waals surface area contributed by atoms with Gasteiger partial charge in [-0.15, -0.1) is 0 Å². The Hall–Kier alpha value is -1.72. The zero-order valence-electron chi connectivity index (χ0n) is 9.93. The summed E-state index contributed by atoms with van der Waals surface area (Å²) in [4.78, 5) is 23.4. The molecular formula is C13H15NO4. The highest BCUT2D eigenvalue weighted by atomic mass is 16.7. The van der Waals surface area contributed by atoms with Crippen LogP contribution in [0.3, 0.4) is 0 Å². The first-order valence-electron chi connectivity index (χ1n) is 5.79. The zero-order chi connectivity index (χ0) is 12.8. The molecule has 0 aromatic heterocycles. The van der Waals surface area contributed by atoms with Crippen LogP contribution in [0.15, 0.2) is 30.3 Å². The number of nitrogens with one attached hydrogen (secondary N) is 1. The molecule has 0 spiro atoms. The fourth-order valence-electron chi connectivity index (χ4n) is 1.70. The average Bonchev–Trinajstić information content (AvgIpc) is 2.40. The van der Waals surface area contributed by atoms with Crippen LogP contribution in [0.25, 0.3) is 0 Å². The van der Waals surface area contributed by atoms with Gasteiger partial charge in [-0.1, -0.05) is 18.2 Å². The lowest BCUT2D eigenvalue weighted by atomic mass is 10.0. The van der Waals surface area contributed by atoms with Crippen molar-refractivity contribution >= 4 is 17.4 Å². The molecule has 1 aromatic carbocycles. The molecule has 2 rings (SSSR count). The number of benzene rings is 1. The Morgan fingerprint density at radius 1 is 1.17 bits per heavy atom. The van der Waals surface area contributed by atoms with E-state index >= 15 is 0 Å². The van der Waals surface area contributed by atoms with Crippen molar-refractivity contribution in [2.24, 2.45) is 5.92 Å². The second-order valence-electron chi connectivity index (χ2n) is 4.11. The third-order valence-electron chi connectivity index (χ3n) is 2.65. The van der Waals surface area contributed by atoms with Crippen LogP contribution in [0.5, 0.6) is 0 Å². The van der Waals surface area contributed by atoms with E-state index in [0.29, 0.717) is 18.9 Å². The average molecular weight is 249 g/mol. The minimum Gasteiger partial charge on any atom is -0.355 e. The number of rotatable bonds is 4. The van der Waals surface area contributed by atoms with Crippen LogP contribution in [-0.2, 0) is 19.1 Å². The van der Waals surface area contributed by atoms with Crippen molar-refractivity contribution in [3.05, 3.63) is 30.3 Å². The predicted molar refractivity (Wildman–Crippen MR) is 65.0 cm³/mol. The van der Waals surface area contributed by atoms with Crippen molar-refractivity contribution in [2.75, 3.05) is 25.3 Å². The Labute approximate surface area is 105 Å².